The lowest BCUT2D eigenvalue weighted by Crippen LogP contribution is -2.53. The van der Waals surface area contributed by atoms with E-state index in [1.807, 2.05) is 13.8 Å². The summed E-state index contributed by atoms with van der Waals surface area (Å²) in [6.07, 6.45) is 15.5. The van der Waals surface area contributed by atoms with Gasteiger partial charge in [0.05, 0.1) is 14.4 Å². The number of hydrogen-bond donors (Lipinski definition) is 2. The Kier molecular flexibility index (Phi) is 9.01. The summed E-state index contributed by atoms with van der Waals surface area (Å²) in [4.78, 5) is 36.6. The van der Waals surface area contributed by atoms with Gasteiger partial charge in [0.2, 0.25) is 11.8 Å². The molecule has 1 spiro atoms. The van der Waals surface area contributed by atoms with Crippen molar-refractivity contribution in [1.29, 1.82) is 0 Å². The maximum atomic E-state index is 14.0. The SMILES string of the molecule is CC.Cc1ccc2c(c1F)CN(C1CCC(=O)NC1=O)C2=O.[B]C1(NC2CCCCC2)CCC2(CC2)CC1. The molecule has 6 rings (SSSR count). The van der Waals surface area contributed by atoms with E-state index in [0.29, 0.717) is 22.7 Å². The Morgan fingerprint density at radius 1 is 0.974 bits per heavy atom. The predicted octanol–water partition coefficient (Wildman–Crippen LogP) is 5.05. The van der Waals surface area contributed by atoms with Gasteiger partial charge < -0.3 is 10.2 Å². The van der Waals surface area contributed by atoms with Gasteiger partial charge in [-0.15, -0.1) is 0 Å². The van der Waals surface area contributed by atoms with Crippen molar-refractivity contribution in [3.8, 4) is 0 Å². The van der Waals surface area contributed by atoms with Crippen molar-refractivity contribution in [1.82, 2.24) is 15.5 Å². The zero-order valence-electron chi connectivity index (χ0n) is 23.3. The number of aryl methyl sites for hydroxylation is 1. The van der Waals surface area contributed by atoms with E-state index in [1.165, 1.54) is 75.5 Å². The topological polar surface area (TPSA) is 78.5 Å². The average Bonchev–Trinajstić information content (AvgIpc) is 3.61. The largest absolute Gasteiger partial charge is 0.322 e. The van der Waals surface area contributed by atoms with Crippen LogP contribution in [0, 0.1) is 18.2 Å². The molecule has 1 aromatic carbocycles. The highest BCUT2D eigenvalue weighted by atomic mass is 19.1. The first-order valence-electron chi connectivity index (χ1n) is 14.7. The lowest BCUT2D eigenvalue weighted by molar-refractivity contribution is -0.136. The summed E-state index contributed by atoms with van der Waals surface area (Å²) in [5, 5.41) is 5.99. The molecule has 3 saturated carbocycles. The Morgan fingerprint density at radius 2 is 1.61 bits per heavy atom. The molecule has 1 aromatic rings. The van der Waals surface area contributed by atoms with E-state index >= 15 is 0 Å². The molecule has 2 heterocycles. The predicted molar refractivity (Wildman–Crippen MR) is 147 cm³/mol. The molecule has 1 saturated heterocycles. The summed E-state index contributed by atoms with van der Waals surface area (Å²) in [5.74, 6) is -1.57. The van der Waals surface area contributed by atoms with Gasteiger partial charge in [-0.25, -0.2) is 4.39 Å². The third-order valence-corrected chi connectivity index (χ3v) is 9.10. The van der Waals surface area contributed by atoms with Crippen LogP contribution in [0.25, 0.3) is 0 Å². The zero-order chi connectivity index (χ0) is 27.5. The van der Waals surface area contributed by atoms with Crippen LogP contribution in [-0.4, -0.2) is 48.0 Å². The molecule has 3 amide bonds. The second kappa shape index (κ2) is 11.9. The summed E-state index contributed by atoms with van der Waals surface area (Å²) in [7, 11) is 6.53. The molecule has 0 aromatic heterocycles. The molecule has 3 aliphatic carbocycles. The normalized spacial score (nSPS) is 25.5. The lowest BCUT2D eigenvalue weighted by atomic mass is 9.63. The molecular weight excluding hydrogens is 480 g/mol. The van der Waals surface area contributed by atoms with Crippen LogP contribution < -0.4 is 10.6 Å². The van der Waals surface area contributed by atoms with Crippen molar-refractivity contribution in [2.45, 2.75) is 128 Å². The average molecular weight is 524 g/mol. The second-order valence-electron chi connectivity index (χ2n) is 11.8. The van der Waals surface area contributed by atoms with E-state index < -0.39 is 17.8 Å². The molecule has 8 heteroatoms. The number of nitrogens with one attached hydrogen (secondary N) is 2. The Bertz CT molecular complexity index is 1040. The molecule has 2 aliphatic heterocycles. The number of imide groups is 1. The van der Waals surface area contributed by atoms with Gasteiger partial charge in [0.1, 0.15) is 11.9 Å². The highest BCUT2D eigenvalue weighted by Crippen LogP contribution is 2.57. The van der Waals surface area contributed by atoms with E-state index in [4.69, 9.17) is 7.85 Å². The van der Waals surface area contributed by atoms with Crippen LogP contribution in [0.4, 0.5) is 4.39 Å². The highest BCUT2D eigenvalue weighted by molar-refractivity contribution is 6.15. The number of halogens is 1. The number of fused-ring (bicyclic) bond motifs is 1. The number of rotatable bonds is 3. The van der Waals surface area contributed by atoms with Crippen molar-refractivity contribution >= 4 is 25.6 Å². The monoisotopic (exact) mass is 523 g/mol. The van der Waals surface area contributed by atoms with Crippen LogP contribution in [0.15, 0.2) is 12.1 Å². The number of hydrogen-bond acceptors (Lipinski definition) is 4. The maximum Gasteiger partial charge on any atom is 0.255 e. The molecule has 2 N–H and O–H groups in total. The third-order valence-electron chi connectivity index (χ3n) is 9.10. The van der Waals surface area contributed by atoms with Gasteiger partial charge in [0.25, 0.3) is 5.91 Å². The quantitative estimate of drug-likeness (QED) is 0.430. The third kappa shape index (κ3) is 6.32. The van der Waals surface area contributed by atoms with Crippen LogP contribution in [-0.2, 0) is 16.1 Å². The minimum absolute atomic E-state index is 0.0180. The fraction of sp³-hybridized carbons (Fsp3) is 0.700. The van der Waals surface area contributed by atoms with Crippen LogP contribution in [0.3, 0.4) is 0 Å². The Labute approximate surface area is 228 Å². The first-order chi connectivity index (χ1) is 18.2. The van der Waals surface area contributed by atoms with Crippen molar-refractivity contribution in [2.24, 2.45) is 5.41 Å². The number of carbonyl (C=O) groups excluding carboxylic acids is 3. The van der Waals surface area contributed by atoms with E-state index in [2.05, 4.69) is 10.6 Å². The van der Waals surface area contributed by atoms with Gasteiger partial charge in [-0.05, 0) is 87.2 Å². The molecule has 38 heavy (non-hydrogen) atoms. The van der Waals surface area contributed by atoms with E-state index in [0.717, 1.165) is 5.41 Å². The van der Waals surface area contributed by atoms with Crippen molar-refractivity contribution in [3.05, 3.63) is 34.6 Å². The molecule has 1 unspecified atom stereocenters. The smallest absolute Gasteiger partial charge is 0.255 e. The van der Waals surface area contributed by atoms with Crippen molar-refractivity contribution in [2.75, 3.05) is 0 Å². The molecule has 4 fully saturated rings. The van der Waals surface area contributed by atoms with Gasteiger partial charge in [0, 0.05) is 23.6 Å². The Hall–Kier alpha value is -2.22. The molecule has 2 radical (unpaired) electrons. The summed E-state index contributed by atoms with van der Waals surface area (Å²) < 4.78 is 14.0. The first-order valence-corrected chi connectivity index (χ1v) is 14.7. The van der Waals surface area contributed by atoms with Crippen LogP contribution in [0.1, 0.15) is 119 Å². The second-order valence-corrected chi connectivity index (χ2v) is 11.8. The first kappa shape index (κ1) is 28.8. The van der Waals surface area contributed by atoms with Gasteiger partial charge in [-0.1, -0.05) is 39.2 Å². The summed E-state index contributed by atoms with van der Waals surface area (Å²) in [6, 6.07) is 3.15. The number of benzene rings is 1. The van der Waals surface area contributed by atoms with Crippen LogP contribution in [0.2, 0.25) is 0 Å². The summed E-state index contributed by atoms with van der Waals surface area (Å²) >= 11 is 0. The molecule has 5 aliphatic rings. The Balaban J connectivity index is 0.000000170. The van der Waals surface area contributed by atoms with Gasteiger partial charge in [-0.2, -0.15) is 0 Å². The molecule has 6 nitrogen and oxygen atoms in total. The maximum absolute atomic E-state index is 14.0. The van der Waals surface area contributed by atoms with E-state index in [9.17, 15) is 18.8 Å². The van der Waals surface area contributed by atoms with Crippen LogP contribution in [0.5, 0.6) is 0 Å². The standard InChI is InChI=1S/C14H24BN.C14H13FN2O3.C2H6/c15-14(16-12-4-2-1-3-5-12)10-8-13(6-7-13)9-11-14;1-7-2-3-8-9(12(7)15)6-17(14(8)20)10-4-5-11(18)16-13(10)19;1-2/h12,16H,1-11H2;2-3,10H,4-6H2,1H3,(H,16,18,19);1-2H3. The molecule has 206 valence electrons. The molecule has 1 atom stereocenters. The lowest BCUT2D eigenvalue weighted by Gasteiger charge is -2.42. The highest BCUT2D eigenvalue weighted by Gasteiger charge is 2.47. The minimum Gasteiger partial charge on any atom is -0.322 e. The molecular formula is C30H43BFN3O3. The number of amides is 3. The minimum atomic E-state index is -0.702. The van der Waals surface area contributed by atoms with E-state index in [1.54, 1.807) is 19.1 Å². The summed E-state index contributed by atoms with van der Waals surface area (Å²) in [5.41, 5.74) is 1.85. The Morgan fingerprint density at radius 3 is 2.21 bits per heavy atom. The van der Waals surface area contributed by atoms with Crippen molar-refractivity contribution < 1.29 is 18.8 Å². The molecule has 0 bridgehead atoms. The van der Waals surface area contributed by atoms with E-state index in [-0.39, 0.29) is 36.6 Å². The van der Waals surface area contributed by atoms with Gasteiger partial charge in [0.15, 0.2) is 0 Å². The van der Waals surface area contributed by atoms with Gasteiger partial charge in [-0.3, -0.25) is 19.7 Å². The fourth-order valence-electron chi connectivity index (χ4n) is 6.42. The van der Waals surface area contributed by atoms with Crippen LogP contribution >= 0.6 is 0 Å². The number of piperidine rings is 1. The number of nitrogens with zero attached hydrogens (tertiary/aromatic N) is 1. The fourth-order valence-corrected chi connectivity index (χ4v) is 6.42. The summed E-state index contributed by atoms with van der Waals surface area (Å²) in [6.45, 7) is 5.71. The zero-order valence-corrected chi connectivity index (χ0v) is 23.3. The number of carbonyl (C=O) groups is 3. The van der Waals surface area contributed by atoms with Crippen molar-refractivity contribution in [3.63, 3.8) is 0 Å². The van der Waals surface area contributed by atoms with Gasteiger partial charge >= 0.3 is 0 Å².